The molecule has 0 atom stereocenters. The molecule has 0 spiro atoms. The van der Waals surface area contributed by atoms with Crippen LogP contribution in [-0.4, -0.2) is 25.8 Å². The fraction of sp³-hybridized carbons (Fsp3) is 0.333. The molecule has 1 N–H and O–H groups in total. The second-order valence-corrected chi connectivity index (χ2v) is 2.47. The molecule has 0 saturated carbocycles. The van der Waals surface area contributed by atoms with Crippen LogP contribution in [0.3, 0.4) is 0 Å². The monoisotopic (exact) mass is 185 g/mol. The van der Waals surface area contributed by atoms with Crippen LogP contribution in [0.25, 0.3) is 0 Å². The summed E-state index contributed by atoms with van der Waals surface area (Å²) in [6, 6.07) is 0. The average Bonchev–Trinajstić information content (AvgIpc) is 2.24. The minimum absolute atomic E-state index is 0.102. The number of carbonyl (C=O) groups is 1. The third-order valence-corrected chi connectivity index (χ3v) is 1.58. The quantitative estimate of drug-likeness (QED) is 0.528. The summed E-state index contributed by atoms with van der Waals surface area (Å²) >= 11 is 0. The summed E-state index contributed by atoms with van der Waals surface area (Å²) in [5.41, 5.74) is -0.748. The summed E-state index contributed by atoms with van der Waals surface area (Å²) in [6.45, 7) is 1.39. The maximum Gasteiger partial charge on any atom is 0.361 e. The Morgan fingerprint density at radius 3 is 2.54 bits per heavy atom. The van der Waals surface area contributed by atoms with Crippen molar-refractivity contribution in [2.24, 2.45) is 7.05 Å². The van der Waals surface area contributed by atoms with Gasteiger partial charge in [0.2, 0.25) is 5.69 Å². The van der Waals surface area contributed by atoms with Crippen LogP contribution in [0, 0.1) is 17.0 Å². The maximum absolute atomic E-state index is 10.6. The topological polar surface area (TPSA) is 98.3 Å². The first-order valence-corrected chi connectivity index (χ1v) is 3.36. The van der Waals surface area contributed by atoms with E-state index in [1.807, 2.05) is 0 Å². The van der Waals surface area contributed by atoms with E-state index in [-0.39, 0.29) is 5.69 Å². The molecule has 13 heavy (non-hydrogen) atoms. The summed E-state index contributed by atoms with van der Waals surface area (Å²) in [6.07, 6.45) is 0. The summed E-state index contributed by atoms with van der Waals surface area (Å²) in [5.74, 6) is -1.35. The van der Waals surface area contributed by atoms with E-state index in [0.29, 0.717) is 0 Å². The van der Waals surface area contributed by atoms with Crippen LogP contribution < -0.4 is 0 Å². The van der Waals surface area contributed by atoms with Crippen molar-refractivity contribution in [2.75, 3.05) is 0 Å². The Balaban J connectivity index is 3.47. The lowest BCUT2D eigenvalue weighted by Crippen LogP contribution is -2.07. The molecule has 1 aromatic heterocycles. The number of nitrogens with zero attached hydrogens (tertiary/aromatic N) is 3. The molecule has 0 aliphatic rings. The molecule has 7 nitrogen and oxygen atoms in total. The molecule has 1 heterocycles. The van der Waals surface area contributed by atoms with Crippen molar-refractivity contribution in [1.29, 1.82) is 0 Å². The van der Waals surface area contributed by atoms with E-state index >= 15 is 0 Å². The van der Waals surface area contributed by atoms with Gasteiger partial charge in [0, 0.05) is 7.05 Å². The number of carboxylic acids is 1. The van der Waals surface area contributed by atoms with E-state index in [4.69, 9.17) is 5.11 Å². The number of aromatic nitrogens is 2. The smallest absolute Gasteiger partial charge is 0.361 e. The first-order valence-electron chi connectivity index (χ1n) is 3.36. The fourth-order valence-electron chi connectivity index (χ4n) is 1.11. The van der Waals surface area contributed by atoms with Crippen molar-refractivity contribution in [3.63, 3.8) is 0 Å². The fourth-order valence-corrected chi connectivity index (χ4v) is 1.11. The molecule has 0 fully saturated rings. The van der Waals surface area contributed by atoms with Gasteiger partial charge in [0.25, 0.3) is 0 Å². The number of aromatic carboxylic acids is 1. The van der Waals surface area contributed by atoms with Gasteiger partial charge in [-0.3, -0.25) is 14.8 Å². The predicted molar refractivity (Wildman–Crippen MR) is 41.6 cm³/mol. The van der Waals surface area contributed by atoms with Gasteiger partial charge in [0.1, 0.15) is 5.69 Å². The molecular formula is C6H7N3O4. The van der Waals surface area contributed by atoms with Crippen molar-refractivity contribution in [2.45, 2.75) is 6.92 Å². The second-order valence-electron chi connectivity index (χ2n) is 2.47. The Kier molecular flexibility index (Phi) is 2.01. The molecule has 0 aromatic carbocycles. The SMILES string of the molecule is Cc1nn(C)c(C(=O)O)c1[N+](=O)[O-]. The zero-order chi connectivity index (χ0) is 10.2. The van der Waals surface area contributed by atoms with Crippen molar-refractivity contribution in [3.8, 4) is 0 Å². The van der Waals surface area contributed by atoms with Gasteiger partial charge in [0.05, 0.1) is 4.92 Å². The lowest BCUT2D eigenvalue weighted by Gasteiger charge is -1.92. The maximum atomic E-state index is 10.6. The van der Waals surface area contributed by atoms with E-state index in [9.17, 15) is 14.9 Å². The third-order valence-electron chi connectivity index (χ3n) is 1.58. The van der Waals surface area contributed by atoms with Crippen LogP contribution in [0.2, 0.25) is 0 Å². The van der Waals surface area contributed by atoms with E-state index in [0.717, 1.165) is 4.68 Å². The first-order chi connectivity index (χ1) is 5.95. The average molecular weight is 185 g/mol. The Morgan fingerprint density at radius 1 is 1.69 bits per heavy atom. The molecule has 7 heteroatoms. The summed E-state index contributed by atoms with van der Waals surface area (Å²) in [5, 5.41) is 22.7. The summed E-state index contributed by atoms with van der Waals surface area (Å²) in [4.78, 5) is 20.3. The minimum atomic E-state index is -1.35. The van der Waals surface area contributed by atoms with E-state index < -0.39 is 22.3 Å². The highest BCUT2D eigenvalue weighted by molar-refractivity contribution is 5.90. The van der Waals surface area contributed by atoms with Crippen molar-refractivity contribution < 1.29 is 14.8 Å². The number of aryl methyl sites for hydroxylation is 2. The molecule has 0 bridgehead atoms. The van der Waals surface area contributed by atoms with Gasteiger partial charge in [-0.1, -0.05) is 0 Å². The van der Waals surface area contributed by atoms with Crippen LogP contribution >= 0.6 is 0 Å². The largest absolute Gasteiger partial charge is 0.476 e. The first kappa shape index (κ1) is 9.17. The molecule has 0 aliphatic heterocycles. The van der Waals surface area contributed by atoms with Gasteiger partial charge < -0.3 is 5.11 Å². The van der Waals surface area contributed by atoms with Gasteiger partial charge in [-0.15, -0.1) is 0 Å². The highest BCUT2D eigenvalue weighted by Gasteiger charge is 2.28. The molecule has 0 amide bonds. The second kappa shape index (κ2) is 2.85. The van der Waals surface area contributed by atoms with Crippen LogP contribution in [0.4, 0.5) is 5.69 Å². The van der Waals surface area contributed by atoms with Gasteiger partial charge in [-0.2, -0.15) is 5.10 Å². The van der Waals surface area contributed by atoms with Crippen LogP contribution in [-0.2, 0) is 7.05 Å². The molecule has 0 saturated heterocycles. The molecular weight excluding hydrogens is 178 g/mol. The predicted octanol–water partition coefficient (Wildman–Crippen LogP) is 0.335. The van der Waals surface area contributed by atoms with Crippen molar-refractivity contribution >= 4 is 11.7 Å². The Labute approximate surface area is 72.7 Å². The van der Waals surface area contributed by atoms with Crippen LogP contribution in [0.5, 0.6) is 0 Å². The zero-order valence-corrected chi connectivity index (χ0v) is 7.01. The molecule has 70 valence electrons. The molecule has 0 unspecified atom stereocenters. The van der Waals surface area contributed by atoms with Crippen LogP contribution in [0.1, 0.15) is 16.2 Å². The number of carboxylic acid groups (broad SMARTS) is 1. The lowest BCUT2D eigenvalue weighted by atomic mass is 10.3. The van der Waals surface area contributed by atoms with Gasteiger partial charge in [-0.25, -0.2) is 4.79 Å². The number of hydrogen-bond donors (Lipinski definition) is 1. The highest BCUT2D eigenvalue weighted by atomic mass is 16.6. The zero-order valence-electron chi connectivity index (χ0n) is 7.01. The van der Waals surface area contributed by atoms with Crippen molar-refractivity contribution in [3.05, 3.63) is 21.5 Å². The number of rotatable bonds is 2. The van der Waals surface area contributed by atoms with Gasteiger partial charge >= 0.3 is 11.7 Å². The highest BCUT2D eigenvalue weighted by Crippen LogP contribution is 2.21. The van der Waals surface area contributed by atoms with Crippen LogP contribution in [0.15, 0.2) is 0 Å². The summed E-state index contributed by atoms with van der Waals surface area (Å²) in [7, 11) is 1.35. The normalized spacial score (nSPS) is 10.0. The molecule has 0 radical (unpaired) electrons. The van der Waals surface area contributed by atoms with Gasteiger partial charge in [-0.05, 0) is 6.92 Å². The van der Waals surface area contributed by atoms with E-state index in [1.54, 1.807) is 0 Å². The van der Waals surface area contributed by atoms with E-state index in [1.165, 1.54) is 14.0 Å². The standard InChI is InChI=1S/C6H7N3O4/c1-3-4(9(12)13)5(6(10)11)8(2)7-3/h1-2H3,(H,10,11). The Bertz CT molecular complexity index is 347. The third kappa shape index (κ3) is 1.35. The Morgan fingerprint density at radius 2 is 2.23 bits per heavy atom. The minimum Gasteiger partial charge on any atom is -0.476 e. The molecule has 1 rings (SSSR count). The Hall–Kier alpha value is -1.92. The van der Waals surface area contributed by atoms with E-state index in [2.05, 4.69) is 5.10 Å². The van der Waals surface area contributed by atoms with Crippen molar-refractivity contribution in [1.82, 2.24) is 9.78 Å². The molecule has 0 aliphatic carbocycles. The number of nitro groups is 1. The number of hydrogen-bond acceptors (Lipinski definition) is 4. The lowest BCUT2D eigenvalue weighted by molar-refractivity contribution is -0.385. The molecule has 1 aromatic rings. The van der Waals surface area contributed by atoms with Gasteiger partial charge in [0.15, 0.2) is 0 Å². The summed E-state index contributed by atoms with van der Waals surface area (Å²) < 4.78 is 0.982.